The van der Waals surface area contributed by atoms with Gasteiger partial charge in [-0.15, -0.1) is 11.3 Å². The molecular weight excluding hydrogens is 326 g/mol. The van der Waals surface area contributed by atoms with E-state index in [1.165, 1.54) is 18.4 Å². The van der Waals surface area contributed by atoms with Crippen molar-refractivity contribution in [1.82, 2.24) is 5.32 Å². The molecule has 1 N–H and O–H groups in total. The zero-order valence-electron chi connectivity index (χ0n) is 14.0. The number of rotatable bonds is 7. The fourth-order valence-corrected chi connectivity index (χ4v) is 3.08. The van der Waals surface area contributed by atoms with E-state index in [9.17, 15) is 9.59 Å². The second-order valence-corrected chi connectivity index (χ2v) is 6.45. The standard InChI is InChI=1S/C18H21NO4S/c1-12-6-7-15(13(2)9-12)23-11-17(20)19-14(10-18(21)22-3)16-5-4-8-24-16/h4-9,14H,10-11H2,1-3H3,(H,19,20). The van der Waals surface area contributed by atoms with Crippen LogP contribution in [0.4, 0.5) is 0 Å². The van der Waals surface area contributed by atoms with Gasteiger partial charge in [0.25, 0.3) is 5.91 Å². The highest BCUT2D eigenvalue weighted by atomic mass is 32.1. The molecule has 6 heteroatoms. The molecule has 0 saturated carbocycles. The lowest BCUT2D eigenvalue weighted by Gasteiger charge is -2.17. The zero-order chi connectivity index (χ0) is 17.5. The number of thiophene rings is 1. The van der Waals surface area contributed by atoms with Crippen molar-refractivity contribution < 1.29 is 19.1 Å². The summed E-state index contributed by atoms with van der Waals surface area (Å²) in [7, 11) is 1.33. The van der Waals surface area contributed by atoms with E-state index in [-0.39, 0.29) is 24.9 Å². The molecule has 0 saturated heterocycles. The van der Waals surface area contributed by atoms with E-state index in [0.717, 1.165) is 16.0 Å². The second kappa shape index (κ2) is 8.49. The number of ether oxygens (including phenoxy) is 2. The highest BCUT2D eigenvalue weighted by Gasteiger charge is 2.20. The van der Waals surface area contributed by atoms with E-state index in [1.807, 2.05) is 49.6 Å². The van der Waals surface area contributed by atoms with E-state index < -0.39 is 6.04 Å². The number of benzene rings is 1. The molecule has 1 aromatic carbocycles. The number of hydrogen-bond donors (Lipinski definition) is 1. The molecular formula is C18H21NO4S. The number of esters is 1. The fourth-order valence-electron chi connectivity index (χ4n) is 2.30. The lowest BCUT2D eigenvalue weighted by atomic mass is 10.1. The molecule has 0 spiro atoms. The first-order valence-electron chi connectivity index (χ1n) is 7.59. The summed E-state index contributed by atoms with van der Waals surface area (Å²) in [6.07, 6.45) is 0.0896. The topological polar surface area (TPSA) is 64.6 Å². The predicted molar refractivity (Wildman–Crippen MR) is 93.2 cm³/mol. The lowest BCUT2D eigenvalue weighted by Crippen LogP contribution is -2.33. The first kappa shape index (κ1) is 18.0. The molecule has 5 nitrogen and oxygen atoms in total. The normalized spacial score (nSPS) is 11.6. The van der Waals surface area contributed by atoms with E-state index in [4.69, 9.17) is 9.47 Å². The Morgan fingerprint density at radius 2 is 2.04 bits per heavy atom. The number of amides is 1. The number of nitrogens with one attached hydrogen (secondary N) is 1. The van der Waals surface area contributed by atoms with Crippen LogP contribution in [0.2, 0.25) is 0 Å². The first-order chi connectivity index (χ1) is 11.5. The Kier molecular flexibility index (Phi) is 6.37. The maximum Gasteiger partial charge on any atom is 0.307 e. The number of hydrogen-bond acceptors (Lipinski definition) is 5. The van der Waals surface area contributed by atoms with Crippen LogP contribution in [0.25, 0.3) is 0 Å². The maximum atomic E-state index is 12.2. The van der Waals surface area contributed by atoms with Crippen LogP contribution in [0.5, 0.6) is 5.75 Å². The van der Waals surface area contributed by atoms with Crippen LogP contribution >= 0.6 is 11.3 Å². The van der Waals surface area contributed by atoms with Crippen molar-refractivity contribution in [3.8, 4) is 5.75 Å². The smallest absolute Gasteiger partial charge is 0.307 e. The van der Waals surface area contributed by atoms with Crippen LogP contribution < -0.4 is 10.1 Å². The molecule has 1 atom stereocenters. The Hall–Kier alpha value is -2.34. The minimum absolute atomic E-state index is 0.0896. The number of aryl methyl sites for hydroxylation is 2. The van der Waals surface area contributed by atoms with Crippen molar-refractivity contribution in [2.75, 3.05) is 13.7 Å². The van der Waals surface area contributed by atoms with Gasteiger partial charge < -0.3 is 14.8 Å². The number of carbonyl (C=O) groups is 2. The van der Waals surface area contributed by atoms with Gasteiger partial charge in [0.15, 0.2) is 6.61 Å². The quantitative estimate of drug-likeness (QED) is 0.782. The van der Waals surface area contributed by atoms with Gasteiger partial charge in [0.05, 0.1) is 19.6 Å². The van der Waals surface area contributed by atoms with Crippen molar-refractivity contribution in [3.05, 3.63) is 51.7 Å². The summed E-state index contributed by atoms with van der Waals surface area (Å²) in [4.78, 5) is 24.6. The van der Waals surface area contributed by atoms with Crippen molar-refractivity contribution in [2.24, 2.45) is 0 Å². The van der Waals surface area contributed by atoms with E-state index >= 15 is 0 Å². The number of carbonyl (C=O) groups excluding carboxylic acids is 2. The molecule has 0 radical (unpaired) electrons. The second-order valence-electron chi connectivity index (χ2n) is 5.47. The van der Waals surface area contributed by atoms with Crippen LogP contribution in [-0.2, 0) is 14.3 Å². The Bertz CT molecular complexity index is 697. The highest BCUT2D eigenvalue weighted by Crippen LogP contribution is 2.23. The van der Waals surface area contributed by atoms with Crippen LogP contribution in [-0.4, -0.2) is 25.6 Å². The van der Waals surface area contributed by atoms with Crippen LogP contribution in [0.15, 0.2) is 35.7 Å². The van der Waals surface area contributed by atoms with Crippen molar-refractivity contribution >= 4 is 23.2 Å². The van der Waals surface area contributed by atoms with Crippen LogP contribution in [0.1, 0.15) is 28.5 Å². The van der Waals surface area contributed by atoms with Gasteiger partial charge in [0, 0.05) is 4.88 Å². The molecule has 0 bridgehead atoms. The van der Waals surface area contributed by atoms with Gasteiger partial charge in [0.1, 0.15) is 5.75 Å². The molecule has 1 heterocycles. The minimum atomic E-state index is -0.410. The molecule has 0 aliphatic rings. The Morgan fingerprint density at radius 3 is 2.67 bits per heavy atom. The summed E-state index contributed by atoms with van der Waals surface area (Å²) in [5.74, 6) is 0.0256. The average molecular weight is 347 g/mol. The van der Waals surface area contributed by atoms with Crippen LogP contribution in [0.3, 0.4) is 0 Å². The molecule has 1 amide bonds. The van der Waals surface area contributed by atoms with Gasteiger partial charge in [-0.3, -0.25) is 9.59 Å². The summed E-state index contributed by atoms with van der Waals surface area (Å²) in [5.41, 5.74) is 2.12. The minimum Gasteiger partial charge on any atom is -0.484 e. The summed E-state index contributed by atoms with van der Waals surface area (Å²) in [6.45, 7) is 3.83. The molecule has 1 aromatic heterocycles. The van der Waals surface area contributed by atoms with Crippen molar-refractivity contribution in [1.29, 1.82) is 0 Å². The van der Waals surface area contributed by atoms with Gasteiger partial charge in [-0.05, 0) is 36.9 Å². The first-order valence-corrected chi connectivity index (χ1v) is 8.47. The Balaban J connectivity index is 1.96. The van der Waals surface area contributed by atoms with Gasteiger partial charge >= 0.3 is 5.97 Å². The summed E-state index contributed by atoms with van der Waals surface area (Å²) in [6, 6.07) is 9.13. The van der Waals surface area contributed by atoms with Gasteiger partial charge in [-0.25, -0.2) is 0 Å². The fraction of sp³-hybridized carbons (Fsp3) is 0.333. The Morgan fingerprint density at radius 1 is 1.25 bits per heavy atom. The summed E-state index contributed by atoms with van der Waals surface area (Å²) >= 11 is 1.48. The monoisotopic (exact) mass is 347 g/mol. The predicted octanol–water partition coefficient (Wildman–Crippen LogP) is 3.16. The highest BCUT2D eigenvalue weighted by molar-refractivity contribution is 7.10. The van der Waals surface area contributed by atoms with E-state index in [0.29, 0.717) is 5.75 Å². The van der Waals surface area contributed by atoms with E-state index in [2.05, 4.69) is 5.32 Å². The van der Waals surface area contributed by atoms with Gasteiger partial charge in [0.2, 0.25) is 0 Å². The average Bonchev–Trinajstić information content (AvgIpc) is 3.07. The Labute approximate surface area is 145 Å². The third-order valence-corrected chi connectivity index (χ3v) is 4.50. The van der Waals surface area contributed by atoms with Gasteiger partial charge in [-0.2, -0.15) is 0 Å². The molecule has 1 unspecified atom stereocenters. The third kappa shape index (κ3) is 5.09. The van der Waals surface area contributed by atoms with Crippen molar-refractivity contribution in [2.45, 2.75) is 26.3 Å². The van der Waals surface area contributed by atoms with E-state index in [1.54, 1.807) is 0 Å². The molecule has 0 fully saturated rings. The zero-order valence-corrected chi connectivity index (χ0v) is 14.8. The third-order valence-electron chi connectivity index (χ3n) is 3.51. The van der Waals surface area contributed by atoms with Gasteiger partial charge in [-0.1, -0.05) is 23.8 Å². The molecule has 0 aliphatic carbocycles. The summed E-state index contributed by atoms with van der Waals surface area (Å²) < 4.78 is 10.3. The largest absolute Gasteiger partial charge is 0.484 e. The summed E-state index contributed by atoms with van der Waals surface area (Å²) in [5, 5.41) is 4.73. The van der Waals surface area contributed by atoms with Crippen molar-refractivity contribution in [3.63, 3.8) is 0 Å². The molecule has 0 aliphatic heterocycles. The van der Waals surface area contributed by atoms with Crippen LogP contribution in [0, 0.1) is 13.8 Å². The molecule has 2 aromatic rings. The SMILES string of the molecule is COC(=O)CC(NC(=O)COc1ccc(C)cc1C)c1cccs1. The molecule has 24 heavy (non-hydrogen) atoms. The molecule has 2 rings (SSSR count). The number of methoxy groups -OCH3 is 1. The molecule has 128 valence electrons. The lowest BCUT2D eigenvalue weighted by molar-refractivity contribution is -0.141. The maximum absolute atomic E-state index is 12.2.